The van der Waals surface area contributed by atoms with Crippen LogP contribution >= 0.6 is 0 Å². The minimum Gasteiger partial charge on any atom is -0.507 e. The standard InChI is InChI=1S/C34H22O16/c1-9(35)13-6-16-29(43)24-20(8-19(40)31(45)26(24)34(48)49)50-32(16)21(11(3)37)22(13)12-4-14(10(2)36)27(41)15(5-12)28(42)23-17(38)7-18(39)30(44)25(23)33(46)47/h4-8,38-41,44-45H,1-3H3,(H,46,47)(H,48,49). The number of hydrogen-bond donors (Lipinski definition) is 8. The lowest BCUT2D eigenvalue weighted by atomic mass is 9.85. The molecule has 4 aromatic carbocycles. The summed E-state index contributed by atoms with van der Waals surface area (Å²) in [5, 5.41) is 80.1. The molecule has 5 rings (SSSR count). The number of carbonyl (C=O) groups is 6. The molecule has 0 amide bonds. The molecule has 0 spiro atoms. The van der Waals surface area contributed by atoms with Crippen LogP contribution in [0.4, 0.5) is 0 Å². The highest BCUT2D eigenvalue weighted by Gasteiger charge is 2.33. The molecule has 0 aliphatic heterocycles. The van der Waals surface area contributed by atoms with Crippen LogP contribution in [0.1, 0.15) is 88.5 Å². The normalized spacial score (nSPS) is 11.1. The maximum absolute atomic E-state index is 13.8. The summed E-state index contributed by atoms with van der Waals surface area (Å²) in [6.07, 6.45) is 0. The smallest absolute Gasteiger partial charge is 0.340 e. The summed E-state index contributed by atoms with van der Waals surface area (Å²) in [6, 6.07) is 3.88. The first-order valence-electron chi connectivity index (χ1n) is 14.0. The van der Waals surface area contributed by atoms with E-state index in [4.69, 9.17) is 4.42 Å². The molecule has 0 aliphatic carbocycles. The molecule has 1 aromatic heterocycles. The van der Waals surface area contributed by atoms with E-state index >= 15 is 0 Å². The number of benzene rings is 4. The quantitative estimate of drug-likeness (QED) is 0.0493. The van der Waals surface area contributed by atoms with Gasteiger partial charge in [-0.25, -0.2) is 9.59 Å². The van der Waals surface area contributed by atoms with Crippen LogP contribution in [0.15, 0.2) is 39.5 Å². The highest BCUT2D eigenvalue weighted by atomic mass is 16.4. The zero-order chi connectivity index (χ0) is 37.3. The lowest BCUT2D eigenvalue weighted by molar-refractivity contribution is 0.0680. The summed E-state index contributed by atoms with van der Waals surface area (Å²) in [5.74, 6) is -14.7. The molecule has 0 atom stereocenters. The average molecular weight is 687 g/mol. The van der Waals surface area contributed by atoms with Gasteiger partial charge < -0.3 is 45.3 Å². The lowest BCUT2D eigenvalue weighted by Crippen LogP contribution is -2.14. The third-order valence-corrected chi connectivity index (χ3v) is 7.87. The Balaban J connectivity index is 1.99. The Hall–Kier alpha value is -7.23. The lowest BCUT2D eigenvalue weighted by Gasteiger charge is -2.18. The van der Waals surface area contributed by atoms with E-state index in [0.29, 0.717) is 12.1 Å². The predicted octanol–water partition coefficient (Wildman–Crippen LogP) is 4.08. The molecule has 5 aromatic rings. The van der Waals surface area contributed by atoms with Crippen molar-refractivity contribution in [1.29, 1.82) is 0 Å². The maximum atomic E-state index is 13.8. The van der Waals surface area contributed by atoms with Gasteiger partial charge in [-0.3, -0.25) is 24.0 Å². The van der Waals surface area contributed by atoms with E-state index in [1.54, 1.807) is 0 Å². The van der Waals surface area contributed by atoms with Gasteiger partial charge in [-0.1, -0.05) is 0 Å². The molecular formula is C34H22O16. The van der Waals surface area contributed by atoms with Crippen LogP contribution in [0.5, 0.6) is 34.5 Å². The molecule has 16 nitrogen and oxygen atoms in total. The van der Waals surface area contributed by atoms with Crippen LogP contribution in [0.25, 0.3) is 33.1 Å². The summed E-state index contributed by atoms with van der Waals surface area (Å²) in [4.78, 5) is 90.8. The van der Waals surface area contributed by atoms with Crippen LogP contribution in [0.3, 0.4) is 0 Å². The number of aromatic hydroxyl groups is 6. The molecule has 0 saturated carbocycles. The molecule has 254 valence electrons. The minimum absolute atomic E-state index is 0.337. The number of ketones is 4. The number of fused-ring (bicyclic) bond motifs is 2. The third kappa shape index (κ3) is 5.07. The van der Waals surface area contributed by atoms with Gasteiger partial charge in [-0.15, -0.1) is 0 Å². The van der Waals surface area contributed by atoms with Gasteiger partial charge in [-0.05, 0) is 44.5 Å². The van der Waals surface area contributed by atoms with Crippen molar-refractivity contribution in [3.8, 4) is 45.6 Å². The van der Waals surface area contributed by atoms with E-state index < -0.39 is 136 Å². The SMILES string of the molecule is CC(=O)c1cc(-c2c(C(C)=O)cc3c(=O)c4c(C(=O)O)c(O)c(O)cc4oc3c2C(C)=O)cc(C(=O)c2c(O)cc(O)c(O)c2C(=O)O)c1O. The molecule has 0 fully saturated rings. The number of rotatable bonds is 8. The Labute approximate surface area is 276 Å². The van der Waals surface area contributed by atoms with Crippen LogP contribution in [-0.2, 0) is 0 Å². The van der Waals surface area contributed by atoms with E-state index in [9.17, 15) is 74.4 Å². The van der Waals surface area contributed by atoms with Gasteiger partial charge in [0.2, 0.25) is 11.2 Å². The highest BCUT2D eigenvalue weighted by Crippen LogP contribution is 2.43. The van der Waals surface area contributed by atoms with Crippen LogP contribution < -0.4 is 5.43 Å². The van der Waals surface area contributed by atoms with Crippen molar-refractivity contribution in [2.45, 2.75) is 20.8 Å². The molecule has 0 aliphatic rings. The molecule has 16 heteroatoms. The van der Waals surface area contributed by atoms with E-state index in [-0.39, 0.29) is 11.1 Å². The number of Topliss-reactive ketones (excluding diaryl/α,β-unsaturated/α-hetero) is 3. The van der Waals surface area contributed by atoms with Gasteiger partial charge >= 0.3 is 11.9 Å². The first kappa shape index (κ1) is 34.1. The van der Waals surface area contributed by atoms with Gasteiger partial charge in [0.15, 0.2) is 40.3 Å². The van der Waals surface area contributed by atoms with E-state index in [1.165, 1.54) is 0 Å². The zero-order valence-corrected chi connectivity index (χ0v) is 25.7. The number of carboxylic acids is 2. The predicted molar refractivity (Wildman–Crippen MR) is 169 cm³/mol. The second-order valence-corrected chi connectivity index (χ2v) is 11.0. The van der Waals surface area contributed by atoms with Crippen molar-refractivity contribution in [2.24, 2.45) is 0 Å². The molecular weight excluding hydrogens is 664 g/mol. The fourth-order valence-corrected chi connectivity index (χ4v) is 5.68. The van der Waals surface area contributed by atoms with E-state index in [1.807, 2.05) is 0 Å². The van der Waals surface area contributed by atoms with E-state index in [2.05, 4.69) is 0 Å². The topological polar surface area (TPSA) is 294 Å². The van der Waals surface area contributed by atoms with Crippen molar-refractivity contribution in [3.05, 3.63) is 79.5 Å². The summed E-state index contributed by atoms with van der Waals surface area (Å²) in [5.41, 5.74) is -8.91. The average Bonchev–Trinajstić information content (AvgIpc) is 3.02. The number of carbonyl (C=O) groups excluding carboxylic acids is 4. The summed E-state index contributed by atoms with van der Waals surface area (Å²) >= 11 is 0. The van der Waals surface area contributed by atoms with Gasteiger partial charge in [0, 0.05) is 23.3 Å². The minimum atomic E-state index is -1.99. The Morgan fingerprint density at radius 3 is 1.64 bits per heavy atom. The molecule has 50 heavy (non-hydrogen) atoms. The molecule has 0 unspecified atom stereocenters. The zero-order valence-electron chi connectivity index (χ0n) is 25.7. The number of aromatic carboxylic acids is 2. The molecule has 0 radical (unpaired) electrons. The van der Waals surface area contributed by atoms with Gasteiger partial charge in [0.25, 0.3) is 0 Å². The van der Waals surface area contributed by atoms with Gasteiger partial charge in [-0.2, -0.15) is 0 Å². The maximum Gasteiger partial charge on any atom is 0.340 e. The van der Waals surface area contributed by atoms with Crippen molar-refractivity contribution >= 4 is 57.0 Å². The fourth-order valence-electron chi connectivity index (χ4n) is 5.68. The Morgan fingerprint density at radius 1 is 0.560 bits per heavy atom. The largest absolute Gasteiger partial charge is 0.507 e. The first-order chi connectivity index (χ1) is 23.3. The summed E-state index contributed by atoms with van der Waals surface area (Å²) in [7, 11) is 0. The van der Waals surface area contributed by atoms with Crippen molar-refractivity contribution < 1.29 is 74.0 Å². The Morgan fingerprint density at radius 2 is 1.10 bits per heavy atom. The van der Waals surface area contributed by atoms with Gasteiger partial charge in [0.05, 0.1) is 33.0 Å². The van der Waals surface area contributed by atoms with Crippen LogP contribution in [-0.4, -0.2) is 75.9 Å². The second kappa shape index (κ2) is 11.8. The monoisotopic (exact) mass is 686 g/mol. The molecule has 0 bridgehead atoms. The molecule has 0 saturated heterocycles. The van der Waals surface area contributed by atoms with Crippen molar-refractivity contribution in [3.63, 3.8) is 0 Å². The Kier molecular flexibility index (Phi) is 8.04. The van der Waals surface area contributed by atoms with Crippen molar-refractivity contribution in [2.75, 3.05) is 0 Å². The van der Waals surface area contributed by atoms with E-state index in [0.717, 1.165) is 39.0 Å². The van der Waals surface area contributed by atoms with Gasteiger partial charge in [0.1, 0.15) is 33.8 Å². The summed E-state index contributed by atoms with van der Waals surface area (Å²) < 4.78 is 5.77. The Bertz CT molecular complexity index is 2520. The third-order valence-electron chi connectivity index (χ3n) is 7.87. The number of phenolic OH excluding ortho intramolecular Hbond substituents is 4. The number of hydrogen-bond acceptors (Lipinski definition) is 14. The highest BCUT2D eigenvalue weighted by molar-refractivity contribution is 6.22. The van der Waals surface area contributed by atoms with Crippen molar-refractivity contribution in [1.82, 2.24) is 0 Å². The first-order valence-corrected chi connectivity index (χ1v) is 14.0. The molecule has 1 heterocycles. The summed E-state index contributed by atoms with van der Waals surface area (Å²) in [6.45, 7) is 2.96. The number of carboxylic acid groups (broad SMARTS) is 2. The fraction of sp³-hybridized carbons (Fsp3) is 0.0882. The number of phenols is 6. The van der Waals surface area contributed by atoms with Crippen LogP contribution in [0.2, 0.25) is 0 Å². The second-order valence-electron chi connectivity index (χ2n) is 11.0. The molecule has 8 N–H and O–H groups in total. The van der Waals surface area contributed by atoms with Crippen LogP contribution in [0, 0.1) is 0 Å².